The van der Waals surface area contributed by atoms with Gasteiger partial charge >= 0.3 is 11.9 Å². The predicted octanol–water partition coefficient (Wildman–Crippen LogP) is 3.37. The van der Waals surface area contributed by atoms with Gasteiger partial charge in [0.25, 0.3) is 0 Å². The van der Waals surface area contributed by atoms with Crippen LogP contribution in [0.25, 0.3) is 5.57 Å². The van der Waals surface area contributed by atoms with Crippen LogP contribution in [0.3, 0.4) is 0 Å². The minimum Gasteiger partial charge on any atom is -0.302 e. The fraction of sp³-hybridized carbons (Fsp3) is 0.263. The molecule has 3 heterocycles. The Morgan fingerprint density at radius 3 is 2.58 bits per heavy atom. The first-order valence-electron chi connectivity index (χ1n) is 9.02. The number of alkyl halides is 4. The summed E-state index contributed by atoms with van der Waals surface area (Å²) in [4.78, 5) is 19.8. The van der Waals surface area contributed by atoms with Crippen molar-refractivity contribution in [1.82, 2.24) is 25.1 Å². The molecule has 162 valence electrons. The number of hydrogen-bond acceptors (Lipinski definition) is 6. The molecule has 0 amide bonds. The first-order chi connectivity index (χ1) is 14.7. The first kappa shape index (κ1) is 21.2. The van der Waals surface area contributed by atoms with Crippen molar-refractivity contribution in [3.05, 3.63) is 80.2 Å². The molecule has 0 radical (unpaired) electrons. The minimum atomic E-state index is -4.56. The summed E-state index contributed by atoms with van der Waals surface area (Å²) in [6, 6.07) is 4.77. The number of aromatic nitrogens is 4. The number of halogens is 5. The molecule has 0 saturated carbocycles. The number of hydrogen-bond donors (Lipinski definition) is 1. The van der Waals surface area contributed by atoms with Gasteiger partial charge in [-0.1, -0.05) is 18.2 Å². The van der Waals surface area contributed by atoms with Crippen molar-refractivity contribution in [1.29, 1.82) is 0 Å². The molecular weight excluding hydrogens is 441 g/mol. The molecule has 2 atom stereocenters. The number of rotatable bonds is 4. The lowest BCUT2D eigenvalue weighted by Crippen LogP contribution is -2.35. The summed E-state index contributed by atoms with van der Waals surface area (Å²) in [5.74, 6) is -0.442. The number of nitrogens with zero attached hydrogens (tertiary/aromatic N) is 4. The topological polar surface area (TPSA) is 72.7 Å². The summed E-state index contributed by atoms with van der Waals surface area (Å²) in [6.45, 7) is -0.249. The standard InChI is InChI=1S/C19H14F5N5OS/c20-11-3-1-10(2-4-11)13-5-15(25-7-14(13)21)16-8-27-29(18(30)28-16)9-12-6-26-17(31-12)19(22,23)24/h1-6,8,14-15,25H,7,9H2. The van der Waals surface area contributed by atoms with Crippen LogP contribution in [-0.4, -0.2) is 32.5 Å². The average Bonchev–Trinajstić information content (AvgIpc) is 3.20. The Balaban J connectivity index is 1.56. The van der Waals surface area contributed by atoms with Gasteiger partial charge in [-0.25, -0.2) is 23.2 Å². The Bertz CT molecular complexity index is 1170. The number of thiazole rings is 1. The summed E-state index contributed by atoms with van der Waals surface area (Å²) >= 11 is 0.421. The molecule has 12 heteroatoms. The van der Waals surface area contributed by atoms with Crippen LogP contribution < -0.4 is 11.0 Å². The van der Waals surface area contributed by atoms with E-state index in [0.717, 1.165) is 10.9 Å². The van der Waals surface area contributed by atoms with Crippen LogP contribution in [0.4, 0.5) is 22.0 Å². The van der Waals surface area contributed by atoms with E-state index in [2.05, 4.69) is 20.4 Å². The summed E-state index contributed by atoms with van der Waals surface area (Å²) < 4.78 is 66.5. The van der Waals surface area contributed by atoms with Crippen molar-refractivity contribution in [2.45, 2.75) is 24.9 Å². The van der Waals surface area contributed by atoms with Crippen molar-refractivity contribution >= 4 is 16.9 Å². The summed E-state index contributed by atoms with van der Waals surface area (Å²) in [7, 11) is 0. The molecular formula is C19H14F5N5OS. The van der Waals surface area contributed by atoms with Gasteiger partial charge in [-0.15, -0.1) is 11.3 Å². The second-order valence-corrected chi connectivity index (χ2v) is 7.85. The molecule has 31 heavy (non-hydrogen) atoms. The molecule has 0 spiro atoms. The molecule has 0 fully saturated rings. The highest BCUT2D eigenvalue weighted by Gasteiger charge is 2.34. The SMILES string of the molecule is O=c1nc(C2C=C(c3ccc(F)cc3)C(F)CN2)cnn1Cc1cnc(C(F)(F)F)s1. The highest BCUT2D eigenvalue weighted by atomic mass is 32.1. The summed E-state index contributed by atoms with van der Waals surface area (Å²) in [5, 5.41) is 5.87. The van der Waals surface area contributed by atoms with Gasteiger partial charge in [0.1, 0.15) is 12.0 Å². The van der Waals surface area contributed by atoms with E-state index in [4.69, 9.17) is 0 Å². The van der Waals surface area contributed by atoms with Gasteiger partial charge in [-0.2, -0.15) is 23.3 Å². The van der Waals surface area contributed by atoms with Crippen molar-refractivity contribution in [2.75, 3.05) is 6.54 Å². The van der Waals surface area contributed by atoms with E-state index in [0.29, 0.717) is 22.5 Å². The molecule has 1 N–H and O–H groups in total. The van der Waals surface area contributed by atoms with Crippen LogP contribution in [-0.2, 0) is 12.7 Å². The Morgan fingerprint density at radius 1 is 1.19 bits per heavy atom. The van der Waals surface area contributed by atoms with Crippen molar-refractivity contribution in [3.63, 3.8) is 0 Å². The smallest absolute Gasteiger partial charge is 0.302 e. The van der Waals surface area contributed by atoms with Gasteiger partial charge in [-0.05, 0) is 23.3 Å². The van der Waals surface area contributed by atoms with E-state index in [1.807, 2.05) is 0 Å². The molecule has 0 aliphatic carbocycles. The molecule has 0 saturated heterocycles. The predicted molar refractivity (Wildman–Crippen MR) is 103 cm³/mol. The van der Waals surface area contributed by atoms with Gasteiger partial charge in [0.15, 0.2) is 5.01 Å². The Hall–Kier alpha value is -2.99. The molecule has 3 aromatic rings. The lowest BCUT2D eigenvalue weighted by molar-refractivity contribution is -0.137. The quantitative estimate of drug-likeness (QED) is 0.611. The maximum absolute atomic E-state index is 14.4. The zero-order valence-electron chi connectivity index (χ0n) is 15.6. The van der Waals surface area contributed by atoms with E-state index >= 15 is 0 Å². The first-order valence-corrected chi connectivity index (χ1v) is 9.83. The molecule has 6 nitrogen and oxygen atoms in total. The van der Waals surface area contributed by atoms with Crippen LogP contribution >= 0.6 is 11.3 Å². The number of nitrogens with one attached hydrogen (secondary N) is 1. The van der Waals surface area contributed by atoms with Crippen molar-refractivity contribution < 1.29 is 22.0 Å². The summed E-state index contributed by atoms with van der Waals surface area (Å²) in [5.41, 5.74) is 0.305. The van der Waals surface area contributed by atoms with Crippen LogP contribution in [0.1, 0.15) is 27.2 Å². The van der Waals surface area contributed by atoms with Crippen molar-refractivity contribution in [2.24, 2.45) is 0 Å². The molecule has 1 aliphatic heterocycles. The maximum Gasteiger partial charge on any atom is 0.443 e. The average molecular weight is 455 g/mol. The second kappa shape index (κ2) is 8.27. The Morgan fingerprint density at radius 2 is 1.94 bits per heavy atom. The molecule has 0 bridgehead atoms. The Kier molecular flexibility index (Phi) is 5.67. The third-order valence-electron chi connectivity index (χ3n) is 4.57. The largest absolute Gasteiger partial charge is 0.443 e. The third kappa shape index (κ3) is 4.69. The minimum absolute atomic E-state index is 0.0419. The maximum atomic E-state index is 14.4. The second-order valence-electron chi connectivity index (χ2n) is 6.73. The fourth-order valence-electron chi connectivity index (χ4n) is 3.09. The van der Waals surface area contributed by atoms with Gasteiger partial charge in [0.2, 0.25) is 0 Å². The molecule has 2 unspecified atom stereocenters. The van der Waals surface area contributed by atoms with Crippen LogP contribution in [0.15, 0.2) is 47.5 Å². The molecule has 4 rings (SSSR count). The monoisotopic (exact) mass is 455 g/mol. The van der Waals surface area contributed by atoms with E-state index in [-0.39, 0.29) is 23.7 Å². The fourth-order valence-corrected chi connectivity index (χ4v) is 3.85. The van der Waals surface area contributed by atoms with Gasteiger partial charge in [0, 0.05) is 17.6 Å². The van der Waals surface area contributed by atoms with Crippen molar-refractivity contribution in [3.8, 4) is 0 Å². The zero-order valence-corrected chi connectivity index (χ0v) is 16.4. The zero-order chi connectivity index (χ0) is 22.2. The third-order valence-corrected chi connectivity index (χ3v) is 5.60. The van der Waals surface area contributed by atoms with Gasteiger partial charge < -0.3 is 5.32 Å². The van der Waals surface area contributed by atoms with Gasteiger partial charge in [-0.3, -0.25) is 0 Å². The van der Waals surface area contributed by atoms with E-state index in [1.165, 1.54) is 30.5 Å². The highest BCUT2D eigenvalue weighted by molar-refractivity contribution is 7.11. The van der Waals surface area contributed by atoms with Crippen LogP contribution in [0.2, 0.25) is 0 Å². The lowest BCUT2D eigenvalue weighted by atomic mass is 9.94. The van der Waals surface area contributed by atoms with Crippen LogP contribution in [0, 0.1) is 5.82 Å². The molecule has 1 aliphatic rings. The highest BCUT2D eigenvalue weighted by Crippen LogP contribution is 2.32. The van der Waals surface area contributed by atoms with E-state index < -0.39 is 34.9 Å². The Labute approximate surface area is 176 Å². The molecule has 2 aromatic heterocycles. The van der Waals surface area contributed by atoms with E-state index in [9.17, 15) is 26.7 Å². The molecule has 1 aromatic carbocycles. The van der Waals surface area contributed by atoms with Gasteiger partial charge in [0.05, 0.1) is 24.5 Å². The number of benzene rings is 1. The summed E-state index contributed by atoms with van der Waals surface area (Å²) in [6.07, 6.45) is -2.00. The van der Waals surface area contributed by atoms with E-state index in [1.54, 1.807) is 6.08 Å². The normalized spacial score (nSPS) is 19.3. The lowest BCUT2D eigenvalue weighted by Gasteiger charge is -2.25. The van der Waals surface area contributed by atoms with Crippen LogP contribution in [0.5, 0.6) is 0 Å².